The van der Waals surface area contributed by atoms with Crippen molar-refractivity contribution in [3.8, 4) is 0 Å². The number of nitrogens with zero attached hydrogens (tertiary/aromatic N) is 3. The molecule has 0 spiro atoms. The average molecular weight is 272 g/mol. The number of hydrogen-bond acceptors (Lipinski definition) is 5. The lowest BCUT2D eigenvalue weighted by Crippen LogP contribution is -2.37. The number of ether oxygens (including phenoxy) is 1. The molecular formula is C15H20N4O. The fourth-order valence-electron chi connectivity index (χ4n) is 2.35. The molecular weight excluding hydrogens is 252 g/mol. The van der Waals surface area contributed by atoms with Gasteiger partial charge in [-0.2, -0.15) is 4.98 Å². The van der Waals surface area contributed by atoms with Gasteiger partial charge in [0, 0.05) is 24.5 Å². The monoisotopic (exact) mass is 272 g/mol. The Morgan fingerprint density at radius 2 is 1.90 bits per heavy atom. The van der Waals surface area contributed by atoms with Crippen LogP contribution in [-0.2, 0) is 4.74 Å². The standard InChI is InChI=1S/C15H20N4O/c1-11(2)16-14-12-5-3-4-6-13(12)17-15(18-14)19-7-9-20-10-8-19/h3-6,11H,7-10H2,1-2H3,(H,16,17,18). The fraction of sp³-hybridized carbons (Fsp3) is 0.467. The van der Waals surface area contributed by atoms with Gasteiger partial charge < -0.3 is 15.0 Å². The van der Waals surface area contributed by atoms with Crippen molar-refractivity contribution in [3.63, 3.8) is 0 Å². The number of anilines is 2. The number of benzene rings is 1. The Bertz CT molecular complexity index is 593. The maximum Gasteiger partial charge on any atom is 0.228 e. The quantitative estimate of drug-likeness (QED) is 0.929. The normalized spacial score (nSPS) is 15.8. The fourth-order valence-corrected chi connectivity index (χ4v) is 2.35. The second-order valence-electron chi connectivity index (χ2n) is 5.29. The Morgan fingerprint density at radius 3 is 2.65 bits per heavy atom. The molecule has 1 aromatic carbocycles. The lowest BCUT2D eigenvalue weighted by atomic mass is 10.2. The van der Waals surface area contributed by atoms with E-state index in [1.807, 2.05) is 18.2 Å². The maximum absolute atomic E-state index is 5.39. The van der Waals surface area contributed by atoms with Crippen LogP contribution in [0.15, 0.2) is 24.3 Å². The molecule has 1 aromatic heterocycles. The number of morpholine rings is 1. The molecule has 20 heavy (non-hydrogen) atoms. The molecule has 1 aliphatic heterocycles. The van der Waals surface area contributed by atoms with E-state index in [1.165, 1.54) is 0 Å². The minimum absolute atomic E-state index is 0.339. The van der Waals surface area contributed by atoms with E-state index in [9.17, 15) is 0 Å². The molecule has 0 saturated carbocycles. The van der Waals surface area contributed by atoms with Crippen LogP contribution in [0.2, 0.25) is 0 Å². The first kappa shape index (κ1) is 13.1. The van der Waals surface area contributed by atoms with Crippen molar-refractivity contribution in [2.24, 2.45) is 0 Å². The number of nitrogens with one attached hydrogen (secondary N) is 1. The smallest absolute Gasteiger partial charge is 0.228 e. The van der Waals surface area contributed by atoms with E-state index in [2.05, 4.69) is 35.1 Å². The summed E-state index contributed by atoms with van der Waals surface area (Å²) in [6.45, 7) is 7.40. The number of rotatable bonds is 3. The molecule has 1 saturated heterocycles. The minimum atomic E-state index is 0.339. The summed E-state index contributed by atoms with van der Waals surface area (Å²) < 4.78 is 5.39. The SMILES string of the molecule is CC(C)Nc1nc(N2CCOCC2)nc2ccccc12. The lowest BCUT2D eigenvalue weighted by Gasteiger charge is -2.27. The summed E-state index contributed by atoms with van der Waals surface area (Å²) in [6.07, 6.45) is 0. The highest BCUT2D eigenvalue weighted by Gasteiger charge is 2.16. The van der Waals surface area contributed by atoms with E-state index in [1.54, 1.807) is 0 Å². The van der Waals surface area contributed by atoms with Crippen LogP contribution < -0.4 is 10.2 Å². The van der Waals surface area contributed by atoms with Crippen LogP contribution in [0.1, 0.15) is 13.8 Å². The Kier molecular flexibility index (Phi) is 3.69. The lowest BCUT2D eigenvalue weighted by molar-refractivity contribution is 0.122. The predicted molar refractivity (Wildman–Crippen MR) is 81.3 cm³/mol. The highest BCUT2D eigenvalue weighted by Crippen LogP contribution is 2.24. The Morgan fingerprint density at radius 1 is 1.15 bits per heavy atom. The van der Waals surface area contributed by atoms with Crippen molar-refractivity contribution in [2.45, 2.75) is 19.9 Å². The molecule has 5 heteroatoms. The molecule has 2 heterocycles. The molecule has 0 aliphatic carbocycles. The first-order chi connectivity index (χ1) is 9.74. The zero-order chi connectivity index (χ0) is 13.9. The van der Waals surface area contributed by atoms with Crippen LogP contribution in [0.4, 0.5) is 11.8 Å². The van der Waals surface area contributed by atoms with Crippen LogP contribution >= 0.6 is 0 Å². The summed E-state index contributed by atoms with van der Waals surface area (Å²) in [6, 6.07) is 8.46. The van der Waals surface area contributed by atoms with Gasteiger partial charge in [0.25, 0.3) is 0 Å². The van der Waals surface area contributed by atoms with Crippen LogP contribution in [0.25, 0.3) is 10.9 Å². The van der Waals surface area contributed by atoms with Crippen molar-refractivity contribution in [1.29, 1.82) is 0 Å². The van der Waals surface area contributed by atoms with Crippen LogP contribution in [0.3, 0.4) is 0 Å². The second-order valence-corrected chi connectivity index (χ2v) is 5.29. The molecule has 0 amide bonds. The summed E-state index contributed by atoms with van der Waals surface area (Å²) >= 11 is 0. The van der Waals surface area contributed by atoms with Gasteiger partial charge in [-0.1, -0.05) is 12.1 Å². The second kappa shape index (κ2) is 5.63. The summed E-state index contributed by atoms with van der Waals surface area (Å²) in [7, 11) is 0. The van der Waals surface area contributed by atoms with E-state index >= 15 is 0 Å². The Labute approximate surface area is 119 Å². The van der Waals surface area contributed by atoms with Gasteiger partial charge >= 0.3 is 0 Å². The van der Waals surface area contributed by atoms with Crippen LogP contribution in [0, 0.1) is 0 Å². The third-order valence-corrected chi connectivity index (χ3v) is 3.31. The molecule has 2 aromatic rings. The molecule has 1 aliphatic rings. The molecule has 0 bridgehead atoms. The van der Waals surface area contributed by atoms with Gasteiger partial charge in [0.1, 0.15) is 5.82 Å². The van der Waals surface area contributed by atoms with E-state index in [4.69, 9.17) is 9.72 Å². The van der Waals surface area contributed by atoms with Gasteiger partial charge in [-0.05, 0) is 26.0 Å². The molecule has 1 fully saturated rings. The van der Waals surface area contributed by atoms with Crippen molar-refractivity contribution >= 4 is 22.7 Å². The van der Waals surface area contributed by atoms with Crippen molar-refractivity contribution < 1.29 is 4.74 Å². The van der Waals surface area contributed by atoms with Crippen LogP contribution in [-0.4, -0.2) is 42.3 Å². The van der Waals surface area contributed by atoms with Gasteiger partial charge in [0.2, 0.25) is 5.95 Å². The van der Waals surface area contributed by atoms with E-state index in [0.717, 1.165) is 49.0 Å². The first-order valence-corrected chi connectivity index (χ1v) is 7.10. The summed E-state index contributed by atoms with van der Waals surface area (Å²) in [5.41, 5.74) is 0.979. The largest absolute Gasteiger partial charge is 0.378 e. The van der Waals surface area contributed by atoms with Crippen LogP contribution in [0.5, 0.6) is 0 Å². The first-order valence-electron chi connectivity index (χ1n) is 7.10. The number of hydrogen-bond donors (Lipinski definition) is 1. The summed E-state index contributed by atoms with van der Waals surface area (Å²) in [5.74, 6) is 1.70. The average Bonchev–Trinajstić information content (AvgIpc) is 2.47. The topological polar surface area (TPSA) is 50.3 Å². The van der Waals surface area contributed by atoms with Gasteiger partial charge in [-0.15, -0.1) is 0 Å². The molecule has 106 valence electrons. The predicted octanol–water partition coefficient (Wildman–Crippen LogP) is 2.29. The summed E-state index contributed by atoms with van der Waals surface area (Å²) in [4.78, 5) is 11.6. The van der Waals surface area contributed by atoms with Gasteiger partial charge in [-0.25, -0.2) is 4.98 Å². The highest BCUT2D eigenvalue weighted by molar-refractivity contribution is 5.90. The number of fused-ring (bicyclic) bond motifs is 1. The number of aromatic nitrogens is 2. The zero-order valence-corrected chi connectivity index (χ0v) is 12.0. The minimum Gasteiger partial charge on any atom is -0.378 e. The molecule has 0 unspecified atom stereocenters. The van der Waals surface area contributed by atoms with Gasteiger partial charge in [-0.3, -0.25) is 0 Å². The Hall–Kier alpha value is -1.88. The highest BCUT2D eigenvalue weighted by atomic mass is 16.5. The van der Waals surface area contributed by atoms with E-state index in [-0.39, 0.29) is 0 Å². The third-order valence-electron chi connectivity index (χ3n) is 3.31. The summed E-state index contributed by atoms with van der Waals surface area (Å²) in [5, 5.41) is 4.49. The van der Waals surface area contributed by atoms with Gasteiger partial charge in [0.05, 0.1) is 18.7 Å². The van der Waals surface area contributed by atoms with Gasteiger partial charge in [0.15, 0.2) is 0 Å². The van der Waals surface area contributed by atoms with Crippen molar-refractivity contribution in [1.82, 2.24) is 9.97 Å². The molecule has 5 nitrogen and oxygen atoms in total. The number of para-hydroxylation sites is 1. The Balaban J connectivity index is 2.04. The molecule has 1 N–H and O–H groups in total. The molecule has 0 atom stereocenters. The van der Waals surface area contributed by atoms with Crippen molar-refractivity contribution in [3.05, 3.63) is 24.3 Å². The van der Waals surface area contributed by atoms with E-state index < -0.39 is 0 Å². The maximum atomic E-state index is 5.39. The zero-order valence-electron chi connectivity index (χ0n) is 12.0. The van der Waals surface area contributed by atoms with Crippen molar-refractivity contribution in [2.75, 3.05) is 36.5 Å². The van der Waals surface area contributed by atoms with E-state index in [0.29, 0.717) is 6.04 Å². The molecule has 3 rings (SSSR count). The molecule has 0 radical (unpaired) electrons. The third kappa shape index (κ3) is 2.67.